The van der Waals surface area contributed by atoms with E-state index in [1.807, 2.05) is 27.7 Å². The molecule has 4 rings (SSSR count). The van der Waals surface area contributed by atoms with Gasteiger partial charge in [0.15, 0.2) is 12.5 Å². The van der Waals surface area contributed by atoms with Crippen LogP contribution in [-0.4, -0.2) is 44.9 Å². The first-order valence-electron chi connectivity index (χ1n) is 10.8. The summed E-state index contributed by atoms with van der Waals surface area (Å²) in [5.41, 5.74) is 1.94. The van der Waals surface area contributed by atoms with E-state index in [4.69, 9.17) is 46.4 Å². The van der Waals surface area contributed by atoms with Gasteiger partial charge < -0.3 is 20.0 Å². The molecule has 2 aromatic rings. The van der Waals surface area contributed by atoms with Crippen molar-refractivity contribution in [2.75, 3.05) is 13.1 Å². The molecule has 2 amide bonds. The van der Waals surface area contributed by atoms with Crippen LogP contribution in [0.5, 0.6) is 0 Å². The minimum atomic E-state index is -0.922. The number of hydrogen-bond acceptors (Lipinski definition) is 4. The second-order valence-corrected chi connectivity index (χ2v) is 10.8. The molecule has 0 saturated heterocycles. The van der Waals surface area contributed by atoms with Gasteiger partial charge in [0, 0.05) is 35.3 Å². The van der Waals surface area contributed by atoms with Crippen molar-refractivity contribution in [2.45, 2.75) is 40.2 Å². The van der Waals surface area contributed by atoms with Crippen molar-refractivity contribution in [3.8, 4) is 0 Å². The molecule has 0 bridgehead atoms. The van der Waals surface area contributed by atoms with Crippen molar-refractivity contribution in [3.63, 3.8) is 0 Å². The lowest BCUT2D eigenvalue weighted by molar-refractivity contribution is 0.0120. The zero-order valence-electron chi connectivity index (χ0n) is 19.2. The molecule has 0 spiro atoms. The number of fused-ring (bicyclic) bond motifs is 2. The zero-order chi connectivity index (χ0) is 25.5. The average molecular weight is 548 g/mol. The molecule has 0 saturated carbocycles. The predicted molar refractivity (Wildman–Crippen MR) is 135 cm³/mol. The first-order valence-corrected chi connectivity index (χ1v) is 12.3. The Morgan fingerprint density at radius 2 is 0.971 bits per heavy atom. The van der Waals surface area contributed by atoms with Crippen LogP contribution in [0.2, 0.25) is 20.1 Å². The molecular weight excluding hydrogens is 522 g/mol. The van der Waals surface area contributed by atoms with Gasteiger partial charge in [-0.2, -0.15) is 0 Å². The van der Waals surface area contributed by atoms with E-state index >= 15 is 0 Å². The standard InChI is InChI=1S/2C12H13Cl2NO2/c2*1-6(2)5-15-11(16)7-3-9(13)10(14)4-8(7)12(15)17/h2*3-4,6,11,16H,5H2,1-2H3. The van der Waals surface area contributed by atoms with Gasteiger partial charge >= 0.3 is 0 Å². The molecule has 0 aliphatic carbocycles. The fourth-order valence-electron chi connectivity index (χ4n) is 3.94. The summed E-state index contributed by atoms with van der Waals surface area (Å²) in [6.07, 6.45) is -1.84. The van der Waals surface area contributed by atoms with Gasteiger partial charge in [0.2, 0.25) is 0 Å². The Morgan fingerprint density at radius 3 is 1.26 bits per heavy atom. The van der Waals surface area contributed by atoms with E-state index in [9.17, 15) is 19.8 Å². The highest BCUT2D eigenvalue weighted by Crippen LogP contribution is 2.38. The molecule has 2 aliphatic heterocycles. The van der Waals surface area contributed by atoms with Crippen molar-refractivity contribution in [1.29, 1.82) is 0 Å². The zero-order valence-corrected chi connectivity index (χ0v) is 22.2. The Morgan fingerprint density at radius 1 is 0.676 bits per heavy atom. The summed E-state index contributed by atoms with van der Waals surface area (Å²) in [7, 11) is 0. The lowest BCUT2D eigenvalue weighted by atomic mass is 10.1. The number of nitrogens with zero attached hydrogens (tertiary/aromatic N) is 2. The maximum absolute atomic E-state index is 12.1. The first-order chi connectivity index (χ1) is 15.8. The third-order valence-electron chi connectivity index (χ3n) is 5.44. The number of aliphatic hydroxyl groups excluding tert-OH is 2. The molecule has 184 valence electrons. The molecule has 2 aliphatic rings. The Hall–Kier alpha value is -1.54. The Labute approximate surface area is 219 Å². The molecular formula is C24H26Cl4N2O4. The molecule has 2 atom stereocenters. The van der Waals surface area contributed by atoms with Crippen molar-refractivity contribution in [3.05, 3.63) is 66.6 Å². The van der Waals surface area contributed by atoms with Crippen LogP contribution in [0.15, 0.2) is 24.3 Å². The minimum Gasteiger partial charge on any atom is -0.369 e. The molecule has 2 N–H and O–H groups in total. The Kier molecular flexibility index (Phi) is 8.44. The van der Waals surface area contributed by atoms with E-state index in [-0.39, 0.29) is 23.7 Å². The van der Waals surface area contributed by atoms with E-state index in [1.165, 1.54) is 21.9 Å². The number of carbonyl (C=O) groups is 2. The number of amides is 2. The summed E-state index contributed by atoms with van der Waals surface area (Å²) in [6.45, 7) is 8.96. The van der Waals surface area contributed by atoms with Gasteiger partial charge in [-0.25, -0.2) is 0 Å². The van der Waals surface area contributed by atoms with Gasteiger partial charge in [-0.05, 0) is 36.1 Å². The Balaban J connectivity index is 0.000000191. The van der Waals surface area contributed by atoms with Gasteiger partial charge in [-0.15, -0.1) is 0 Å². The largest absolute Gasteiger partial charge is 0.369 e. The Bertz CT molecular complexity index is 1040. The summed E-state index contributed by atoms with van der Waals surface area (Å²) < 4.78 is 0. The van der Waals surface area contributed by atoms with Crippen molar-refractivity contribution in [2.24, 2.45) is 11.8 Å². The average Bonchev–Trinajstić information content (AvgIpc) is 3.09. The van der Waals surface area contributed by atoms with Crippen molar-refractivity contribution >= 4 is 58.2 Å². The number of carbonyl (C=O) groups excluding carboxylic acids is 2. The van der Waals surface area contributed by atoms with E-state index in [1.54, 1.807) is 12.1 Å². The third kappa shape index (κ3) is 5.32. The normalized spacial score (nSPS) is 19.1. The number of benzene rings is 2. The molecule has 6 nitrogen and oxygen atoms in total. The van der Waals surface area contributed by atoms with Gasteiger partial charge in [0.1, 0.15) is 0 Å². The van der Waals surface area contributed by atoms with Gasteiger partial charge in [0.25, 0.3) is 11.8 Å². The molecule has 0 radical (unpaired) electrons. The molecule has 2 aromatic carbocycles. The fourth-order valence-corrected chi connectivity index (χ4v) is 4.61. The van der Waals surface area contributed by atoms with Crippen LogP contribution in [0.1, 0.15) is 72.0 Å². The second-order valence-electron chi connectivity index (χ2n) is 9.16. The third-order valence-corrected chi connectivity index (χ3v) is 6.88. The van der Waals surface area contributed by atoms with E-state index in [0.717, 1.165) is 0 Å². The van der Waals surface area contributed by atoms with Crippen LogP contribution in [0.25, 0.3) is 0 Å². The summed E-state index contributed by atoms with van der Waals surface area (Å²) >= 11 is 23.5. The van der Waals surface area contributed by atoms with Gasteiger partial charge in [-0.3, -0.25) is 9.59 Å². The molecule has 2 unspecified atom stereocenters. The number of halogens is 4. The monoisotopic (exact) mass is 546 g/mol. The lowest BCUT2D eigenvalue weighted by Crippen LogP contribution is -2.31. The van der Waals surface area contributed by atoms with E-state index in [2.05, 4.69) is 0 Å². The highest BCUT2D eigenvalue weighted by Gasteiger charge is 2.37. The van der Waals surface area contributed by atoms with Gasteiger partial charge in [-0.1, -0.05) is 74.1 Å². The predicted octanol–water partition coefficient (Wildman–Crippen LogP) is 6.19. The SMILES string of the molecule is CC(C)CN1C(=O)c2cc(Cl)c(Cl)cc2C1O.CC(C)CN1C(=O)c2cc(Cl)c(Cl)cc2C1O. The number of hydrogen-bond donors (Lipinski definition) is 2. The van der Waals surface area contributed by atoms with Crippen molar-refractivity contribution < 1.29 is 19.8 Å². The van der Waals surface area contributed by atoms with E-state index in [0.29, 0.717) is 55.4 Å². The highest BCUT2D eigenvalue weighted by molar-refractivity contribution is 6.42. The van der Waals surface area contributed by atoms with Crippen LogP contribution in [-0.2, 0) is 0 Å². The van der Waals surface area contributed by atoms with Crippen LogP contribution in [0, 0.1) is 11.8 Å². The molecule has 34 heavy (non-hydrogen) atoms. The maximum atomic E-state index is 12.1. The molecule has 10 heteroatoms. The van der Waals surface area contributed by atoms with Crippen LogP contribution in [0.3, 0.4) is 0 Å². The summed E-state index contributed by atoms with van der Waals surface area (Å²) in [5, 5.41) is 21.5. The maximum Gasteiger partial charge on any atom is 0.256 e. The van der Waals surface area contributed by atoms with Gasteiger partial charge in [0.05, 0.1) is 20.1 Å². The molecule has 0 aromatic heterocycles. The molecule has 0 fully saturated rings. The smallest absolute Gasteiger partial charge is 0.256 e. The minimum absolute atomic E-state index is 0.195. The quantitative estimate of drug-likeness (QED) is 0.478. The van der Waals surface area contributed by atoms with E-state index < -0.39 is 12.5 Å². The topological polar surface area (TPSA) is 81.1 Å². The number of aliphatic hydroxyl groups is 2. The molecule has 2 heterocycles. The summed E-state index contributed by atoms with van der Waals surface area (Å²) in [6, 6.07) is 6.15. The summed E-state index contributed by atoms with van der Waals surface area (Å²) in [5.74, 6) is 0.183. The highest BCUT2D eigenvalue weighted by atomic mass is 35.5. The second kappa shape index (κ2) is 10.6. The van der Waals surface area contributed by atoms with Crippen LogP contribution < -0.4 is 0 Å². The number of rotatable bonds is 4. The first kappa shape index (κ1) is 27.1. The lowest BCUT2D eigenvalue weighted by Gasteiger charge is -2.22. The fraction of sp³-hybridized carbons (Fsp3) is 0.417. The van der Waals surface area contributed by atoms with Crippen molar-refractivity contribution in [1.82, 2.24) is 9.80 Å². The van der Waals surface area contributed by atoms with Crippen LogP contribution >= 0.6 is 46.4 Å². The summed E-state index contributed by atoms with van der Waals surface area (Å²) in [4.78, 5) is 27.0. The van der Waals surface area contributed by atoms with Crippen LogP contribution in [0.4, 0.5) is 0 Å².